The van der Waals surface area contributed by atoms with Gasteiger partial charge in [0, 0.05) is 24.1 Å². The van der Waals surface area contributed by atoms with Gasteiger partial charge in [-0.15, -0.1) is 0 Å². The lowest BCUT2D eigenvalue weighted by molar-refractivity contribution is -0.658. The number of rotatable bonds is 13. The number of benzene rings is 5. The molecule has 10 heteroatoms. The van der Waals surface area contributed by atoms with Crippen molar-refractivity contribution in [1.82, 2.24) is 5.32 Å². The van der Waals surface area contributed by atoms with E-state index in [1.165, 1.54) is 10.6 Å². The number of aliphatic hydroxyl groups is 1. The number of carbonyl (C=O) groups excluding carboxylic acids is 1. The van der Waals surface area contributed by atoms with Gasteiger partial charge in [0.05, 0.1) is 49.6 Å². The molecule has 5 aromatic carbocycles. The summed E-state index contributed by atoms with van der Waals surface area (Å²) in [6.45, 7) is -0.219. The van der Waals surface area contributed by atoms with E-state index in [2.05, 4.69) is 53.7 Å². The summed E-state index contributed by atoms with van der Waals surface area (Å²) in [4.78, 5) is 17.1. The number of thioether (sulfide) groups is 1. The zero-order valence-corrected chi connectivity index (χ0v) is 32.7. The number of carbonyl (C=O) groups is 1. The van der Waals surface area contributed by atoms with Crippen LogP contribution in [0.15, 0.2) is 150 Å². The number of methoxy groups -OCH3 is 2. The number of halogens is 1. The van der Waals surface area contributed by atoms with Crippen molar-refractivity contribution in [2.24, 2.45) is 0 Å². The summed E-state index contributed by atoms with van der Waals surface area (Å²) in [5.74, 6) is 1.20. The minimum atomic E-state index is -1.08. The molecule has 1 aliphatic rings. The molecule has 2 heterocycles. The van der Waals surface area contributed by atoms with E-state index < -0.39 is 11.6 Å². The van der Waals surface area contributed by atoms with Gasteiger partial charge in [-0.2, -0.15) is 4.57 Å². The van der Waals surface area contributed by atoms with Crippen molar-refractivity contribution < 1.29 is 45.7 Å². The number of para-hydroxylation sites is 2. The van der Waals surface area contributed by atoms with Gasteiger partial charge >= 0.3 is 0 Å². The molecule has 0 saturated heterocycles. The van der Waals surface area contributed by atoms with Crippen molar-refractivity contribution in [3.05, 3.63) is 167 Å². The summed E-state index contributed by atoms with van der Waals surface area (Å²) in [6, 6.07) is 43.3. The molecule has 8 nitrogen and oxygen atoms in total. The summed E-state index contributed by atoms with van der Waals surface area (Å²) in [7, 11) is 5.35. The number of ether oxygens (including phenoxy) is 3. The summed E-state index contributed by atoms with van der Waals surface area (Å²) in [6.07, 6.45) is 4.14. The standard InChI is InChI=1S/C44H41N3O5S.BrH/c1-46-40-15-9-10-16-41(40)53-43(46)27-31-25-26-47(39-14-8-7-13-38(31)39)28-42(49)45-35(29-48)30-52-44(32-11-5-4-6-12-32,33-17-21-36(50-2)22-18-33)34-19-23-37(51-3)24-20-34;/h4-27,35,48H,28-30H2,1-3H3;1H/t35-;/m0./s1. The number of aliphatic hydroxyl groups excluding tert-OH is 1. The summed E-state index contributed by atoms with van der Waals surface area (Å²) in [5, 5.41) is 15.8. The molecule has 0 fully saturated rings. The first-order valence-electron chi connectivity index (χ1n) is 17.5. The highest BCUT2D eigenvalue weighted by atomic mass is 79.9. The number of nitrogens with one attached hydrogen (secondary N) is 1. The third kappa shape index (κ3) is 7.88. The van der Waals surface area contributed by atoms with Gasteiger partial charge in [0.2, 0.25) is 12.1 Å². The van der Waals surface area contributed by atoms with Crippen LogP contribution in [0.3, 0.4) is 0 Å². The van der Waals surface area contributed by atoms with Crippen LogP contribution in [0.2, 0.25) is 0 Å². The van der Waals surface area contributed by atoms with Gasteiger partial charge in [0.25, 0.3) is 5.91 Å². The smallest absolute Gasteiger partial charge is 0.286 e. The summed E-state index contributed by atoms with van der Waals surface area (Å²) < 4.78 is 19.8. The lowest BCUT2D eigenvalue weighted by Gasteiger charge is -2.37. The Labute approximate surface area is 330 Å². The zero-order chi connectivity index (χ0) is 36.8. The second kappa shape index (κ2) is 17.3. The van der Waals surface area contributed by atoms with Gasteiger partial charge in [0.15, 0.2) is 6.20 Å². The van der Waals surface area contributed by atoms with Crippen molar-refractivity contribution in [2.45, 2.75) is 23.1 Å². The molecule has 0 saturated carbocycles. The minimum Gasteiger partial charge on any atom is -1.00 e. The zero-order valence-electron chi connectivity index (χ0n) is 30.3. The Morgan fingerprint density at radius 1 is 0.815 bits per heavy atom. The fourth-order valence-electron chi connectivity index (χ4n) is 6.82. The van der Waals surface area contributed by atoms with Gasteiger partial charge in [-0.1, -0.05) is 90.6 Å². The molecule has 7 rings (SSSR count). The summed E-state index contributed by atoms with van der Waals surface area (Å²) in [5.41, 5.74) is 4.71. The Bertz CT molecular complexity index is 2190. The molecule has 1 aromatic heterocycles. The molecule has 0 radical (unpaired) electrons. The van der Waals surface area contributed by atoms with Crippen LogP contribution in [0.25, 0.3) is 17.0 Å². The van der Waals surface area contributed by atoms with Crippen molar-refractivity contribution in [2.75, 3.05) is 39.4 Å². The molecule has 0 bridgehead atoms. The molecule has 54 heavy (non-hydrogen) atoms. The number of hydrogen-bond donors (Lipinski definition) is 2. The number of aromatic nitrogens is 1. The largest absolute Gasteiger partial charge is 1.00 e. The molecule has 1 amide bonds. The average Bonchev–Trinajstić information content (AvgIpc) is 3.53. The molecular weight excluding hydrogens is 762 g/mol. The number of pyridine rings is 1. The molecule has 276 valence electrons. The Hall–Kier alpha value is -5.13. The number of hydrogen-bond acceptors (Lipinski definition) is 7. The first kappa shape index (κ1) is 38.6. The molecule has 2 N–H and O–H groups in total. The predicted molar refractivity (Wildman–Crippen MR) is 210 cm³/mol. The first-order chi connectivity index (χ1) is 25.9. The lowest BCUT2D eigenvalue weighted by atomic mass is 9.80. The van der Waals surface area contributed by atoms with Gasteiger partial charge in [-0.3, -0.25) is 4.79 Å². The fraction of sp³-hybridized carbons (Fsp3) is 0.182. The maximum Gasteiger partial charge on any atom is 0.286 e. The Morgan fingerprint density at radius 2 is 1.41 bits per heavy atom. The van der Waals surface area contributed by atoms with Crippen LogP contribution in [-0.2, 0) is 21.7 Å². The van der Waals surface area contributed by atoms with Gasteiger partial charge in [-0.25, -0.2) is 0 Å². The van der Waals surface area contributed by atoms with Crippen molar-refractivity contribution in [3.8, 4) is 11.5 Å². The van der Waals surface area contributed by atoms with Crippen LogP contribution in [0, 0.1) is 0 Å². The summed E-state index contributed by atoms with van der Waals surface area (Å²) >= 11 is 1.75. The normalized spacial score (nSPS) is 13.6. The van der Waals surface area contributed by atoms with E-state index in [-0.39, 0.29) is 42.6 Å². The minimum absolute atomic E-state index is 0. The topological polar surface area (TPSA) is 84.1 Å². The highest BCUT2D eigenvalue weighted by Gasteiger charge is 2.39. The van der Waals surface area contributed by atoms with E-state index in [1.54, 1.807) is 26.0 Å². The fourth-order valence-corrected chi connectivity index (χ4v) is 7.92. The Balaban J connectivity index is 0.00000497. The molecule has 6 aromatic rings. The SMILES string of the molecule is COc1ccc(C(OC[C@H](CO)NC(=O)C[n+]2ccc(/C=C3\Sc4ccccc4N3C)c3ccccc32)(c2ccccc2)c2ccc(OC)cc2)cc1.[Br-]. The highest BCUT2D eigenvalue weighted by molar-refractivity contribution is 8.03. The maximum absolute atomic E-state index is 13.7. The average molecular weight is 805 g/mol. The highest BCUT2D eigenvalue weighted by Crippen LogP contribution is 2.46. The monoisotopic (exact) mass is 803 g/mol. The van der Waals surface area contributed by atoms with Crippen LogP contribution in [0.4, 0.5) is 5.69 Å². The third-order valence-electron chi connectivity index (χ3n) is 9.58. The van der Waals surface area contributed by atoms with Crippen LogP contribution in [-0.4, -0.2) is 51.5 Å². The van der Waals surface area contributed by atoms with E-state index in [0.29, 0.717) is 0 Å². The van der Waals surface area contributed by atoms with E-state index in [9.17, 15) is 9.90 Å². The van der Waals surface area contributed by atoms with Gasteiger partial charge in [-0.05, 0) is 70.8 Å². The van der Waals surface area contributed by atoms with E-state index in [1.807, 2.05) is 114 Å². The molecule has 0 aliphatic carbocycles. The Morgan fingerprint density at radius 3 is 2.04 bits per heavy atom. The van der Waals surface area contributed by atoms with Crippen LogP contribution < -0.4 is 41.2 Å². The van der Waals surface area contributed by atoms with Crippen molar-refractivity contribution in [1.29, 1.82) is 0 Å². The van der Waals surface area contributed by atoms with Crippen LogP contribution in [0.5, 0.6) is 11.5 Å². The third-order valence-corrected chi connectivity index (χ3v) is 10.7. The number of fused-ring (bicyclic) bond motifs is 2. The van der Waals surface area contributed by atoms with E-state index >= 15 is 0 Å². The lowest BCUT2D eigenvalue weighted by Crippen LogP contribution is -3.00. The number of nitrogens with zero attached hydrogens (tertiary/aromatic N) is 2. The van der Waals surface area contributed by atoms with Crippen molar-refractivity contribution in [3.63, 3.8) is 0 Å². The van der Waals surface area contributed by atoms with E-state index in [0.717, 1.165) is 49.7 Å². The van der Waals surface area contributed by atoms with E-state index in [4.69, 9.17) is 14.2 Å². The predicted octanol–water partition coefficient (Wildman–Crippen LogP) is 4.17. The number of amides is 1. The van der Waals surface area contributed by atoms with Crippen molar-refractivity contribution >= 4 is 40.3 Å². The molecule has 1 atom stereocenters. The van der Waals surface area contributed by atoms with Gasteiger partial charge < -0.3 is 46.5 Å². The second-order valence-corrected chi connectivity index (χ2v) is 13.9. The number of anilines is 1. The Kier molecular flexibility index (Phi) is 12.4. The molecule has 1 aliphatic heterocycles. The first-order valence-corrected chi connectivity index (χ1v) is 18.3. The van der Waals surface area contributed by atoms with Gasteiger partial charge in [0.1, 0.15) is 17.1 Å². The molecular formula is C44H42BrN3O5S. The quantitative estimate of drug-likeness (QED) is 0.134. The molecule has 0 unspecified atom stereocenters. The van der Waals surface area contributed by atoms with Crippen LogP contribution >= 0.6 is 11.8 Å². The molecule has 0 spiro atoms. The van der Waals surface area contributed by atoms with Crippen LogP contribution in [0.1, 0.15) is 22.3 Å². The maximum atomic E-state index is 13.7. The second-order valence-electron chi connectivity index (χ2n) is 12.8.